The fourth-order valence-electron chi connectivity index (χ4n) is 3.74. The Kier molecular flexibility index (Phi) is 4.94. The van der Waals surface area contributed by atoms with E-state index >= 15 is 0 Å². The monoisotopic (exact) mass is 365 g/mol. The molecule has 2 aromatic rings. The number of β-amino-alcohol motifs (C(OH)–C–C–N with tert-alkyl or cyclic N) is 1. The smallest absolute Gasteiger partial charge is 0.389 e. The summed E-state index contributed by atoms with van der Waals surface area (Å²) in [7, 11) is 3.82. The molecule has 0 spiro atoms. The van der Waals surface area contributed by atoms with Crippen LogP contribution >= 0.6 is 0 Å². The molecule has 1 aromatic carbocycles. The van der Waals surface area contributed by atoms with Crippen molar-refractivity contribution in [3.63, 3.8) is 0 Å². The third kappa shape index (κ3) is 3.29. The molecular weight excluding hydrogens is 343 g/mol. The number of piperidine rings is 1. The molecule has 140 valence electrons. The number of pyridine rings is 1. The summed E-state index contributed by atoms with van der Waals surface area (Å²) in [5.41, 5.74) is -0.321. The number of nitrogens with zero attached hydrogens (tertiary/aromatic N) is 3. The van der Waals surface area contributed by atoms with E-state index in [1.54, 1.807) is 4.90 Å². The number of aromatic nitrogens is 1. The predicted molar refractivity (Wildman–Crippen MR) is 93.9 cm³/mol. The van der Waals surface area contributed by atoms with Gasteiger partial charge in [0, 0.05) is 19.3 Å². The van der Waals surface area contributed by atoms with Crippen molar-refractivity contribution >= 4 is 5.82 Å². The normalized spacial score (nSPS) is 24.1. The molecule has 1 aliphatic heterocycles. The molecule has 1 N–H and O–H groups in total. The van der Waals surface area contributed by atoms with Crippen molar-refractivity contribution in [1.29, 1.82) is 0 Å². The van der Waals surface area contributed by atoms with Crippen LogP contribution in [0.3, 0.4) is 0 Å². The Morgan fingerprint density at radius 3 is 2.46 bits per heavy atom. The standard InChI is InChI=1S/C19H22F3N3O/c1-24(2)18(14-6-4-3-5-7-14)9-11-25(13-16(18)26)17-12-15(8-10-23-17)19(20,21)22/h3-8,10,12,16,26H,9,11,13H2,1-2H3/t16-,18+/m1/s1. The first-order valence-electron chi connectivity index (χ1n) is 8.44. The largest absolute Gasteiger partial charge is 0.416 e. The highest BCUT2D eigenvalue weighted by Crippen LogP contribution is 2.39. The molecule has 3 rings (SSSR count). The molecule has 1 aliphatic rings. The van der Waals surface area contributed by atoms with Crippen LogP contribution in [0, 0.1) is 0 Å². The van der Waals surface area contributed by atoms with Gasteiger partial charge in [-0.05, 0) is 38.2 Å². The van der Waals surface area contributed by atoms with Crippen LogP contribution in [0.2, 0.25) is 0 Å². The fraction of sp³-hybridized carbons (Fsp3) is 0.421. The first-order valence-corrected chi connectivity index (χ1v) is 8.44. The SMILES string of the molecule is CN(C)[C@]1(c2ccccc2)CCN(c2cc(C(F)(F)F)ccn2)C[C@H]1O. The lowest BCUT2D eigenvalue weighted by Crippen LogP contribution is -2.60. The summed E-state index contributed by atoms with van der Waals surface area (Å²) >= 11 is 0. The van der Waals surface area contributed by atoms with Gasteiger partial charge in [0.1, 0.15) is 5.82 Å². The minimum Gasteiger partial charge on any atom is -0.389 e. The molecule has 4 nitrogen and oxygen atoms in total. The number of hydrogen-bond acceptors (Lipinski definition) is 4. The van der Waals surface area contributed by atoms with Crippen molar-refractivity contribution in [3.8, 4) is 0 Å². The van der Waals surface area contributed by atoms with E-state index in [0.29, 0.717) is 13.0 Å². The van der Waals surface area contributed by atoms with Crippen molar-refractivity contribution in [2.45, 2.75) is 24.2 Å². The highest BCUT2D eigenvalue weighted by atomic mass is 19.4. The molecular formula is C19H22F3N3O. The average molecular weight is 365 g/mol. The van der Waals surface area contributed by atoms with Gasteiger partial charge < -0.3 is 10.0 Å². The van der Waals surface area contributed by atoms with Crippen LogP contribution in [0.1, 0.15) is 17.5 Å². The first kappa shape index (κ1) is 18.7. The molecule has 2 atom stereocenters. The first-order chi connectivity index (χ1) is 12.2. The highest BCUT2D eigenvalue weighted by Gasteiger charge is 2.46. The van der Waals surface area contributed by atoms with E-state index in [9.17, 15) is 18.3 Å². The minimum atomic E-state index is -4.41. The van der Waals surface area contributed by atoms with E-state index in [-0.39, 0.29) is 12.4 Å². The second-order valence-electron chi connectivity index (χ2n) is 6.80. The average Bonchev–Trinajstić information content (AvgIpc) is 2.61. The number of aliphatic hydroxyl groups excluding tert-OH is 1. The zero-order valence-electron chi connectivity index (χ0n) is 14.7. The van der Waals surface area contributed by atoms with Crippen LogP contribution in [-0.4, -0.2) is 48.3 Å². The highest BCUT2D eigenvalue weighted by molar-refractivity contribution is 5.44. The number of anilines is 1. The fourth-order valence-corrected chi connectivity index (χ4v) is 3.74. The van der Waals surface area contributed by atoms with Crippen LogP contribution in [0.4, 0.5) is 19.0 Å². The van der Waals surface area contributed by atoms with Gasteiger partial charge in [0.15, 0.2) is 0 Å². The summed E-state index contributed by atoms with van der Waals surface area (Å²) in [4.78, 5) is 7.78. The zero-order chi connectivity index (χ0) is 18.9. The van der Waals surface area contributed by atoms with Gasteiger partial charge in [0.05, 0.1) is 17.2 Å². The molecule has 7 heteroatoms. The van der Waals surface area contributed by atoms with E-state index in [2.05, 4.69) is 4.98 Å². The Morgan fingerprint density at radius 2 is 1.88 bits per heavy atom. The number of aliphatic hydroxyl groups is 1. The van der Waals surface area contributed by atoms with Crippen LogP contribution < -0.4 is 4.90 Å². The summed E-state index contributed by atoms with van der Waals surface area (Å²) in [6, 6.07) is 11.7. The van der Waals surface area contributed by atoms with E-state index in [1.807, 2.05) is 49.3 Å². The number of benzene rings is 1. The number of likely N-dealkylation sites (N-methyl/N-ethyl adjacent to an activating group) is 1. The molecule has 1 aromatic heterocycles. The van der Waals surface area contributed by atoms with Gasteiger partial charge in [-0.2, -0.15) is 13.2 Å². The van der Waals surface area contributed by atoms with Gasteiger partial charge in [-0.3, -0.25) is 4.90 Å². The third-order valence-corrected chi connectivity index (χ3v) is 5.18. The van der Waals surface area contributed by atoms with E-state index in [1.165, 1.54) is 0 Å². The summed E-state index contributed by atoms with van der Waals surface area (Å²) in [5.74, 6) is 0.235. The molecule has 1 saturated heterocycles. The summed E-state index contributed by atoms with van der Waals surface area (Å²) in [6.07, 6.45) is -3.45. The number of halogens is 3. The van der Waals surface area contributed by atoms with Crippen molar-refractivity contribution in [2.75, 3.05) is 32.1 Å². The molecule has 0 amide bonds. The van der Waals surface area contributed by atoms with E-state index < -0.39 is 23.4 Å². The lowest BCUT2D eigenvalue weighted by Gasteiger charge is -2.50. The van der Waals surface area contributed by atoms with Crippen molar-refractivity contribution in [1.82, 2.24) is 9.88 Å². The van der Waals surface area contributed by atoms with Gasteiger partial charge in [0.25, 0.3) is 0 Å². The molecule has 0 unspecified atom stereocenters. The second-order valence-corrected chi connectivity index (χ2v) is 6.80. The summed E-state index contributed by atoms with van der Waals surface area (Å²) in [5, 5.41) is 11.0. The zero-order valence-corrected chi connectivity index (χ0v) is 14.7. The third-order valence-electron chi connectivity index (χ3n) is 5.18. The molecule has 0 saturated carbocycles. The van der Waals surface area contributed by atoms with Gasteiger partial charge in [0.2, 0.25) is 0 Å². The molecule has 2 heterocycles. The maximum absolute atomic E-state index is 13.0. The Bertz CT molecular complexity index is 751. The topological polar surface area (TPSA) is 39.6 Å². The maximum atomic E-state index is 13.0. The quantitative estimate of drug-likeness (QED) is 0.907. The van der Waals surface area contributed by atoms with Gasteiger partial charge in [-0.25, -0.2) is 4.98 Å². The Morgan fingerprint density at radius 1 is 1.19 bits per heavy atom. The maximum Gasteiger partial charge on any atom is 0.416 e. The number of rotatable bonds is 3. The van der Waals surface area contributed by atoms with E-state index in [0.717, 1.165) is 23.9 Å². The van der Waals surface area contributed by atoms with Crippen LogP contribution in [-0.2, 0) is 11.7 Å². The summed E-state index contributed by atoms with van der Waals surface area (Å²) in [6.45, 7) is 0.708. The van der Waals surface area contributed by atoms with Crippen molar-refractivity contribution in [2.24, 2.45) is 0 Å². The lowest BCUT2D eigenvalue weighted by atomic mass is 9.77. The van der Waals surface area contributed by atoms with Gasteiger partial charge in [-0.15, -0.1) is 0 Å². The molecule has 0 bridgehead atoms. The second kappa shape index (κ2) is 6.89. The van der Waals surface area contributed by atoms with E-state index in [4.69, 9.17) is 0 Å². The number of alkyl halides is 3. The van der Waals surface area contributed by atoms with Gasteiger partial charge in [-0.1, -0.05) is 30.3 Å². The van der Waals surface area contributed by atoms with Crippen LogP contribution in [0.25, 0.3) is 0 Å². The minimum absolute atomic E-state index is 0.210. The van der Waals surface area contributed by atoms with Crippen molar-refractivity contribution < 1.29 is 18.3 Å². The number of hydrogen-bond donors (Lipinski definition) is 1. The molecule has 0 aliphatic carbocycles. The van der Waals surface area contributed by atoms with Crippen LogP contribution in [0.15, 0.2) is 48.7 Å². The Hall–Kier alpha value is -2.12. The predicted octanol–water partition coefficient (Wildman–Crippen LogP) is 3.13. The molecule has 0 radical (unpaired) electrons. The molecule has 26 heavy (non-hydrogen) atoms. The Balaban J connectivity index is 1.88. The lowest BCUT2D eigenvalue weighted by molar-refractivity contribution is -0.137. The molecule has 1 fully saturated rings. The van der Waals surface area contributed by atoms with Crippen LogP contribution in [0.5, 0.6) is 0 Å². The van der Waals surface area contributed by atoms with Crippen molar-refractivity contribution in [3.05, 3.63) is 59.8 Å². The Labute approximate surface area is 150 Å². The summed E-state index contributed by atoms with van der Waals surface area (Å²) < 4.78 is 38.9. The van der Waals surface area contributed by atoms with Gasteiger partial charge >= 0.3 is 6.18 Å².